The summed E-state index contributed by atoms with van der Waals surface area (Å²) in [5, 5.41) is 15.7. The third-order valence-electron chi connectivity index (χ3n) is 5.44. The van der Waals surface area contributed by atoms with Crippen LogP contribution in [0.3, 0.4) is 0 Å². The van der Waals surface area contributed by atoms with Crippen molar-refractivity contribution in [3.05, 3.63) is 89.7 Å². The number of hydroxylamine groups is 1. The lowest BCUT2D eigenvalue weighted by Crippen LogP contribution is -2.18. The molecule has 0 bridgehead atoms. The smallest absolute Gasteiger partial charge is 0.274 e. The van der Waals surface area contributed by atoms with Crippen LogP contribution in [0.25, 0.3) is 10.9 Å². The molecule has 4 N–H and O–H groups in total. The van der Waals surface area contributed by atoms with Gasteiger partial charge in [0.1, 0.15) is 12.1 Å². The second kappa shape index (κ2) is 10.1. The highest BCUT2D eigenvalue weighted by atomic mass is 16.5. The highest BCUT2D eigenvalue weighted by Gasteiger charge is 2.10. The van der Waals surface area contributed by atoms with Gasteiger partial charge in [-0.1, -0.05) is 38.1 Å². The maximum absolute atomic E-state index is 12.6. The Bertz CT molecular complexity index is 1320. The minimum Gasteiger partial charge on any atom is -0.340 e. The standard InChI is InChI=1S/C26H25N5O3/c1-16(2)18-7-9-20(10-8-18)30-25-22-14-21(11-12-23(22)27-15-28-25)29-24(32)13-17-3-5-19(6-4-17)26(33)31-34/h3-12,14-16,34H,13H2,1-2H3,(H,29,32)(H,31,33)(H,27,28,30). The lowest BCUT2D eigenvalue weighted by Gasteiger charge is -2.12. The molecule has 1 aromatic heterocycles. The summed E-state index contributed by atoms with van der Waals surface area (Å²) in [5.41, 5.74) is 6.18. The van der Waals surface area contributed by atoms with Gasteiger partial charge in [0.05, 0.1) is 11.9 Å². The van der Waals surface area contributed by atoms with E-state index in [4.69, 9.17) is 5.21 Å². The Morgan fingerprint density at radius 3 is 2.29 bits per heavy atom. The van der Waals surface area contributed by atoms with Gasteiger partial charge < -0.3 is 10.6 Å². The fourth-order valence-electron chi connectivity index (χ4n) is 3.55. The summed E-state index contributed by atoms with van der Waals surface area (Å²) in [7, 11) is 0. The topological polar surface area (TPSA) is 116 Å². The van der Waals surface area contributed by atoms with E-state index in [1.165, 1.54) is 11.9 Å². The summed E-state index contributed by atoms with van der Waals surface area (Å²) in [5.74, 6) is 0.304. The van der Waals surface area contributed by atoms with Crippen LogP contribution in [-0.2, 0) is 11.2 Å². The monoisotopic (exact) mass is 455 g/mol. The molecule has 8 heteroatoms. The molecule has 0 fully saturated rings. The number of nitrogens with zero attached hydrogens (tertiary/aromatic N) is 2. The Kier molecular flexibility index (Phi) is 6.79. The van der Waals surface area contributed by atoms with Crippen molar-refractivity contribution in [2.45, 2.75) is 26.2 Å². The van der Waals surface area contributed by atoms with Gasteiger partial charge in [0.2, 0.25) is 5.91 Å². The SMILES string of the molecule is CC(C)c1ccc(Nc2ncnc3ccc(NC(=O)Cc4ccc(C(=O)NO)cc4)cc23)cc1. The van der Waals surface area contributed by atoms with Crippen LogP contribution in [0, 0.1) is 0 Å². The van der Waals surface area contributed by atoms with Crippen molar-refractivity contribution < 1.29 is 14.8 Å². The molecule has 0 aliphatic rings. The molecule has 0 unspecified atom stereocenters. The van der Waals surface area contributed by atoms with Crippen molar-refractivity contribution in [1.82, 2.24) is 15.4 Å². The van der Waals surface area contributed by atoms with E-state index in [-0.39, 0.29) is 12.3 Å². The summed E-state index contributed by atoms with van der Waals surface area (Å²) in [6.07, 6.45) is 1.64. The lowest BCUT2D eigenvalue weighted by atomic mass is 10.0. The molecule has 34 heavy (non-hydrogen) atoms. The van der Waals surface area contributed by atoms with Crippen molar-refractivity contribution in [1.29, 1.82) is 0 Å². The predicted octanol–water partition coefficient (Wildman–Crippen LogP) is 4.80. The number of nitrogens with one attached hydrogen (secondary N) is 3. The molecule has 0 atom stereocenters. The number of hydrogen-bond acceptors (Lipinski definition) is 6. The van der Waals surface area contributed by atoms with E-state index in [0.717, 1.165) is 22.2 Å². The number of aromatic nitrogens is 2. The largest absolute Gasteiger partial charge is 0.340 e. The first-order chi connectivity index (χ1) is 16.4. The van der Waals surface area contributed by atoms with E-state index in [0.29, 0.717) is 23.0 Å². The van der Waals surface area contributed by atoms with Gasteiger partial charge in [-0.25, -0.2) is 15.4 Å². The molecule has 2 amide bonds. The fourth-order valence-corrected chi connectivity index (χ4v) is 3.55. The highest BCUT2D eigenvalue weighted by molar-refractivity contribution is 5.98. The molecular formula is C26H25N5O3. The van der Waals surface area contributed by atoms with Crippen molar-refractivity contribution in [3.63, 3.8) is 0 Å². The predicted molar refractivity (Wildman–Crippen MR) is 131 cm³/mol. The Balaban J connectivity index is 1.49. The van der Waals surface area contributed by atoms with Crippen LogP contribution >= 0.6 is 0 Å². The molecule has 0 saturated heterocycles. The van der Waals surface area contributed by atoms with Gasteiger partial charge in [0.25, 0.3) is 5.91 Å². The van der Waals surface area contributed by atoms with E-state index in [9.17, 15) is 9.59 Å². The molecule has 0 saturated carbocycles. The quantitative estimate of drug-likeness (QED) is 0.235. The molecule has 1 heterocycles. The van der Waals surface area contributed by atoms with Crippen molar-refractivity contribution >= 4 is 39.9 Å². The Morgan fingerprint density at radius 2 is 1.62 bits per heavy atom. The summed E-state index contributed by atoms with van der Waals surface area (Å²) in [4.78, 5) is 32.7. The highest BCUT2D eigenvalue weighted by Crippen LogP contribution is 2.27. The van der Waals surface area contributed by atoms with Crippen molar-refractivity contribution in [2.75, 3.05) is 10.6 Å². The number of amides is 2. The molecule has 0 spiro atoms. The average Bonchev–Trinajstić information content (AvgIpc) is 2.84. The van der Waals surface area contributed by atoms with Crippen LogP contribution in [0.1, 0.15) is 41.3 Å². The fraction of sp³-hybridized carbons (Fsp3) is 0.154. The van der Waals surface area contributed by atoms with E-state index in [1.807, 2.05) is 24.3 Å². The van der Waals surface area contributed by atoms with E-state index in [1.54, 1.807) is 35.8 Å². The Morgan fingerprint density at radius 1 is 0.912 bits per heavy atom. The van der Waals surface area contributed by atoms with Crippen LogP contribution in [0.2, 0.25) is 0 Å². The van der Waals surface area contributed by atoms with Crippen molar-refractivity contribution in [2.24, 2.45) is 0 Å². The first kappa shape index (κ1) is 22.9. The third kappa shape index (κ3) is 5.36. The number of anilines is 3. The number of fused-ring (bicyclic) bond motifs is 1. The molecule has 8 nitrogen and oxygen atoms in total. The first-order valence-corrected chi connectivity index (χ1v) is 10.9. The summed E-state index contributed by atoms with van der Waals surface area (Å²) in [6, 6.07) is 20.1. The van der Waals surface area contributed by atoms with Gasteiger partial charge in [0.15, 0.2) is 0 Å². The molecule has 172 valence electrons. The molecule has 3 aromatic carbocycles. The van der Waals surface area contributed by atoms with E-state index >= 15 is 0 Å². The van der Waals surface area contributed by atoms with Gasteiger partial charge >= 0.3 is 0 Å². The number of benzene rings is 3. The average molecular weight is 456 g/mol. The van der Waals surface area contributed by atoms with E-state index in [2.05, 4.69) is 46.6 Å². The van der Waals surface area contributed by atoms with Gasteiger partial charge in [-0.15, -0.1) is 0 Å². The zero-order chi connectivity index (χ0) is 24.1. The molecule has 0 radical (unpaired) electrons. The molecular weight excluding hydrogens is 430 g/mol. The zero-order valence-corrected chi connectivity index (χ0v) is 18.9. The summed E-state index contributed by atoms with van der Waals surface area (Å²) in [6.45, 7) is 4.31. The number of hydrogen-bond donors (Lipinski definition) is 4. The maximum atomic E-state index is 12.6. The second-order valence-corrected chi connectivity index (χ2v) is 8.22. The van der Waals surface area contributed by atoms with Crippen LogP contribution < -0.4 is 16.1 Å². The normalized spacial score (nSPS) is 10.8. The Labute approximate surface area is 197 Å². The van der Waals surface area contributed by atoms with Crippen LogP contribution in [0.15, 0.2) is 73.1 Å². The van der Waals surface area contributed by atoms with Gasteiger partial charge in [0, 0.05) is 22.3 Å². The third-order valence-corrected chi connectivity index (χ3v) is 5.44. The Hall–Kier alpha value is -4.30. The second-order valence-electron chi connectivity index (χ2n) is 8.22. The van der Waals surface area contributed by atoms with Gasteiger partial charge in [-0.3, -0.25) is 14.8 Å². The van der Waals surface area contributed by atoms with Crippen LogP contribution in [-0.4, -0.2) is 27.0 Å². The molecule has 4 aromatic rings. The zero-order valence-electron chi connectivity index (χ0n) is 18.9. The molecule has 4 rings (SSSR count). The molecule has 0 aliphatic carbocycles. The molecule has 0 aliphatic heterocycles. The van der Waals surface area contributed by atoms with Gasteiger partial charge in [-0.2, -0.15) is 0 Å². The lowest BCUT2D eigenvalue weighted by molar-refractivity contribution is -0.115. The summed E-state index contributed by atoms with van der Waals surface area (Å²) >= 11 is 0. The summed E-state index contributed by atoms with van der Waals surface area (Å²) < 4.78 is 0. The maximum Gasteiger partial charge on any atom is 0.274 e. The minimum absolute atomic E-state index is 0.137. The van der Waals surface area contributed by atoms with Crippen molar-refractivity contribution in [3.8, 4) is 0 Å². The van der Waals surface area contributed by atoms with Gasteiger partial charge in [-0.05, 0) is 59.5 Å². The number of carbonyl (C=O) groups excluding carboxylic acids is 2. The van der Waals surface area contributed by atoms with E-state index < -0.39 is 5.91 Å². The van der Waals surface area contributed by atoms with Crippen LogP contribution in [0.5, 0.6) is 0 Å². The first-order valence-electron chi connectivity index (χ1n) is 10.9. The minimum atomic E-state index is -0.602. The van der Waals surface area contributed by atoms with Crippen LogP contribution in [0.4, 0.5) is 17.2 Å². The number of carbonyl (C=O) groups is 2. The number of rotatable bonds is 7.